The number of unbranched alkanes of at least 4 members (excludes halogenated alkanes) is 1. The molecular formula is C8H11F3O2. The van der Waals surface area contributed by atoms with E-state index >= 15 is 0 Å². The van der Waals surface area contributed by atoms with Crippen LogP contribution in [0.25, 0.3) is 0 Å². The Morgan fingerprint density at radius 3 is 2.38 bits per heavy atom. The summed E-state index contributed by atoms with van der Waals surface area (Å²) < 4.78 is 37.7. The lowest BCUT2D eigenvalue weighted by molar-refractivity contribution is -0.303. The lowest BCUT2D eigenvalue weighted by Crippen LogP contribution is -2.20. The van der Waals surface area contributed by atoms with Crippen molar-refractivity contribution in [3.05, 3.63) is 12.2 Å². The van der Waals surface area contributed by atoms with Gasteiger partial charge in [-0.1, -0.05) is 19.9 Å². The summed E-state index contributed by atoms with van der Waals surface area (Å²) in [5.74, 6) is -1.39. The lowest BCUT2D eigenvalue weighted by Gasteiger charge is -2.08. The summed E-state index contributed by atoms with van der Waals surface area (Å²) >= 11 is 0. The molecule has 0 fully saturated rings. The summed E-state index contributed by atoms with van der Waals surface area (Å²) in [6, 6.07) is 0. The quantitative estimate of drug-likeness (QED) is 0.510. The second-order valence-electron chi connectivity index (χ2n) is 2.54. The second-order valence-corrected chi connectivity index (χ2v) is 2.54. The fourth-order valence-electron chi connectivity index (χ4n) is 0.670. The Hall–Kier alpha value is -1.00. The normalized spacial score (nSPS) is 11.1. The first-order valence-corrected chi connectivity index (χ1v) is 3.84. The van der Waals surface area contributed by atoms with Gasteiger partial charge >= 0.3 is 12.3 Å². The zero-order valence-electron chi connectivity index (χ0n) is 7.28. The predicted molar refractivity (Wildman–Crippen MR) is 40.8 cm³/mol. The van der Waals surface area contributed by atoms with E-state index in [2.05, 4.69) is 11.3 Å². The summed E-state index contributed by atoms with van der Waals surface area (Å²) in [4.78, 5) is 10.6. The molecule has 0 rings (SSSR count). The minimum absolute atomic E-state index is 0.140. The van der Waals surface area contributed by atoms with Gasteiger partial charge in [-0.25, -0.2) is 4.79 Å². The molecule has 0 spiro atoms. The molecule has 0 bridgehead atoms. The van der Waals surface area contributed by atoms with Gasteiger partial charge in [-0.15, -0.1) is 13.2 Å². The predicted octanol–water partition coefficient (Wildman–Crippen LogP) is 2.80. The molecule has 76 valence electrons. The molecule has 0 amide bonds. The molecular weight excluding hydrogens is 185 g/mol. The maximum absolute atomic E-state index is 11.5. The molecule has 0 saturated heterocycles. The van der Waals surface area contributed by atoms with Crippen LogP contribution < -0.4 is 0 Å². The Bertz CT molecular complexity index is 196. The first-order valence-electron chi connectivity index (χ1n) is 3.84. The van der Waals surface area contributed by atoms with Gasteiger partial charge in [0.2, 0.25) is 0 Å². The summed E-state index contributed by atoms with van der Waals surface area (Å²) in [7, 11) is 0. The Balaban J connectivity index is 3.91. The van der Waals surface area contributed by atoms with Crippen LogP contribution in [0.1, 0.15) is 26.2 Å². The smallest absolute Gasteiger partial charge is 0.369 e. The standard InChI is InChI=1S/C8H11F3O2/c1-3-4-5-6(2)7(12)13-8(9,10)11/h2-5H2,1H3. The number of alkyl halides is 3. The number of carbonyl (C=O) groups is 1. The number of hydrogen-bond acceptors (Lipinski definition) is 2. The van der Waals surface area contributed by atoms with Crippen LogP contribution in [0.2, 0.25) is 0 Å². The SMILES string of the molecule is C=C(CCCC)C(=O)OC(F)(F)F. The van der Waals surface area contributed by atoms with E-state index < -0.39 is 12.3 Å². The maximum atomic E-state index is 11.5. The molecule has 0 radical (unpaired) electrons. The van der Waals surface area contributed by atoms with E-state index in [9.17, 15) is 18.0 Å². The summed E-state index contributed by atoms with van der Waals surface area (Å²) in [6.45, 7) is 5.07. The summed E-state index contributed by atoms with van der Waals surface area (Å²) in [6.07, 6.45) is -3.25. The Labute approximate surface area is 74.4 Å². The Morgan fingerprint density at radius 2 is 2.00 bits per heavy atom. The van der Waals surface area contributed by atoms with Gasteiger partial charge in [0.05, 0.1) is 0 Å². The van der Waals surface area contributed by atoms with Gasteiger partial charge in [0.15, 0.2) is 0 Å². The molecule has 0 aliphatic heterocycles. The number of esters is 1. The van der Waals surface area contributed by atoms with Crippen LogP contribution in [0, 0.1) is 0 Å². The van der Waals surface area contributed by atoms with Gasteiger partial charge in [-0.3, -0.25) is 0 Å². The van der Waals surface area contributed by atoms with Gasteiger partial charge < -0.3 is 4.74 Å². The molecule has 0 N–H and O–H groups in total. The van der Waals surface area contributed by atoms with Crippen LogP contribution in [-0.4, -0.2) is 12.3 Å². The third kappa shape index (κ3) is 6.19. The number of rotatable bonds is 4. The second kappa shape index (κ2) is 4.89. The van der Waals surface area contributed by atoms with E-state index in [1.807, 2.05) is 6.92 Å². The topological polar surface area (TPSA) is 26.3 Å². The highest BCUT2D eigenvalue weighted by Crippen LogP contribution is 2.19. The third-order valence-corrected chi connectivity index (χ3v) is 1.33. The van der Waals surface area contributed by atoms with E-state index in [0.717, 1.165) is 6.42 Å². The molecule has 2 nitrogen and oxygen atoms in total. The first-order chi connectivity index (χ1) is 5.87. The van der Waals surface area contributed by atoms with Crippen molar-refractivity contribution in [1.82, 2.24) is 0 Å². The van der Waals surface area contributed by atoms with Crippen molar-refractivity contribution in [3.63, 3.8) is 0 Å². The van der Waals surface area contributed by atoms with E-state index in [0.29, 0.717) is 6.42 Å². The largest absolute Gasteiger partial charge is 0.575 e. The number of halogens is 3. The Morgan fingerprint density at radius 1 is 1.46 bits per heavy atom. The highest BCUT2D eigenvalue weighted by molar-refractivity contribution is 5.87. The van der Waals surface area contributed by atoms with Crippen LogP contribution in [0.15, 0.2) is 12.2 Å². The third-order valence-electron chi connectivity index (χ3n) is 1.33. The van der Waals surface area contributed by atoms with E-state index in [1.54, 1.807) is 0 Å². The van der Waals surface area contributed by atoms with Crippen molar-refractivity contribution >= 4 is 5.97 Å². The molecule has 0 aromatic heterocycles. The monoisotopic (exact) mass is 196 g/mol. The molecule has 0 aromatic carbocycles. The first kappa shape index (κ1) is 12.0. The molecule has 0 aliphatic carbocycles. The zero-order chi connectivity index (χ0) is 10.5. The molecule has 0 aliphatic rings. The maximum Gasteiger partial charge on any atom is 0.575 e. The number of hydrogen-bond donors (Lipinski definition) is 0. The molecule has 0 saturated carbocycles. The van der Waals surface area contributed by atoms with E-state index in [4.69, 9.17) is 0 Å². The van der Waals surface area contributed by atoms with Gasteiger partial charge in [0.25, 0.3) is 0 Å². The summed E-state index contributed by atoms with van der Waals surface area (Å²) in [5.41, 5.74) is -0.140. The minimum atomic E-state index is -4.91. The van der Waals surface area contributed by atoms with Gasteiger partial charge in [0, 0.05) is 5.57 Å². The zero-order valence-corrected chi connectivity index (χ0v) is 7.28. The number of carbonyl (C=O) groups excluding carboxylic acids is 1. The van der Waals surface area contributed by atoms with Crippen molar-refractivity contribution in [3.8, 4) is 0 Å². The van der Waals surface area contributed by atoms with Crippen LogP contribution >= 0.6 is 0 Å². The Kier molecular flexibility index (Phi) is 4.51. The lowest BCUT2D eigenvalue weighted by atomic mass is 10.1. The average molecular weight is 196 g/mol. The van der Waals surface area contributed by atoms with Crippen molar-refractivity contribution in [2.75, 3.05) is 0 Å². The van der Waals surface area contributed by atoms with Crippen LogP contribution in [0.5, 0.6) is 0 Å². The minimum Gasteiger partial charge on any atom is -0.369 e. The van der Waals surface area contributed by atoms with Crippen LogP contribution in [0.4, 0.5) is 13.2 Å². The van der Waals surface area contributed by atoms with E-state index in [-0.39, 0.29) is 12.0 Å². The summed E-state index contributed by atoms with van der Waals surface area (Å²) in [5, 5.41) is 0. The van der Waals surface area contributed by atoms with Gasteiger partial charge in [0.1, 0.15) is 0 Å². The van der Waals surface area contributed by atoms with Crippen molar-refractivity contribution in [2.45, 2.75) is 32.5 Å². The highest BCUT2D eigenvalue weighted by atomic mass is 19.4. The van der Waals surface area contributed by atoms with Gasteiger partial charge in [-0.05, 0) is 12.8 Å². The molecule has 0 aromatic rings. The van der Waals surface area contributed by atoms with Crippen molar-refractivity contribution in [2.24, 2.45) is 0 Å². The molecule has 0 atom stereocenters. The van der Waals surface area contributed by atoms with Gasteiger partial charge in [-0.2, -0.15) is 0 Å². The highest BCUT2D eigenvalue weighted by Gasteiger charge is 2.34. The molecule has 0 unspecified atom stereocenters. The van der Waals surface area contributed by atoms with Crippen molar-refractivity contribution < 1.29 is 22.7 Å². The fraction of sp³-hybridized carbons (Fsp3) is 0.625. The van der Waals surface area contributed by atoms with Crippen LogP contribution in [0.3, 0.4) is 0 Å². The van der Waals surface area contributed by atoms with Crippen LogP contribution in [-0.2, 0) is 9.53 Å². The van der Waals surface area contributed by atoms with E-state index in [1.165, 1.54) is 0 Å². The molecule has 13 heavy (non-hydrogen) atoms. The fourth-order valence-corrected chi connectivity index (χ4v) is 0.670. The van der Waals surface area contributed by atoms with Crippen molar-refractivity contribution in [1.29, 1.82) is 0 Å². The average Bonchev–Trinajstić information content (AvgIpc) is 1.96. The number of ether oxygens (including phenoxy) is 1. The molecule has 5 heteroatoms. The molecule has 0 heterocycles.